The summed E-state index contributed by atoms with van der Waals surface area (Å²) >= 11 is 6.11. The van der Waals surface area contributed by atoms with Crippen LogP contribution in [0.5, 0.6) is 0 Å². The van der Waals surface area contributed by atoms with Gasteiger partial charge in [-0.25, -0.2) is 0 Å². The van der Waals surface area contributed by atoms with Crippen molar-refractivity contribution in [1.29, 1.82) is 0 Å². The highest BCUT2D eigenvalue weighted by molar-refractivity contribution is 6.31. The number of benzene rings is 1. The molecule has 1 saturated heterocycles. The van der Waals surface area contributed by atoms with Gasteiger partial charge in [0.15, 0.2) is 11.5 Å². The summed E-state index contributed by atoms with van der Waals surface area (Å²) in [6.07, 6.45) is 2.84. The van der Waals surface area contributed by atoms with Crippen LogP contribution in [0.4, 0.5) is 0 Å². The topological polar surface area (TPSA) is 92.0 Å². The molecule has 0 N–H and O–H groups in total. The van der Waals surface area contributed by atoms with E-state index in [1.165, 1.54) is 0 Å². The fourth-order valence-corrected chi connectivity index (χ4v) is 3.58. The van der Waals surface area contributed by atoms with Gasteiger partial charge >= 0.3 is 0 Å². The highest BCUT2D eigenvalue weighted by Gasteiger charge is 2.20. The average molecular weight is 386 g/mol. The van der Waals surface area contributed by atoms with Crippen molar-refractivity contribution in [1.82, 2.24) is 25.1 Å². The smallest absolute Gasteiger partial charge is 0.280 e. The summed E-state index contributed by atoms with van der Waals surface area (Å²) in [6.45, 7) is 4.27. The van der Waals surface area contributed by atoms with E-state index in [0.717, 1.165) is 42.7 Å². The molecule has 9 heteroatoms. The van der Waals surface area contributed by atoms with Gasteiger partial charge in [-0.1, -0.05) is 22.0 Å². The predicted molar refractivity (Wildman–Crippen MR) is 97.2 cm³/mol. The van der Waals surface area contributed by atoms with Gasteiger partial charge in [0.2, 0.25) is 5.82 Å². The SMILES string of the molecule is Cc1cc(Cl)cc2cc(-c3noc(-c4cn(CC5CCOC5)nn4)n3)oc12. The number of hydrogen-bond acceptors (Lipinski definition) is 7. The van der Waals surface area contributed by atoms with Crippen LogP contribution in [-0.4, -0.2) is 38.3 Å². The van der Waals surface area contributed by atoms with E-state index in [0.29, 0.717) is 34.1 Å². The van der Waals surface area contributed by atoms with Crippen LogP contribution in [0.15, 0.2) is 33.3 Å². The first-order chi connectivity index (χ1) is 13.2. The third kappa shape index (κ3) is 3.11. The predicted octanol–water partition coefficient (Wildman–Crippen LogP) is 3.74. The molecule has 1 aromatic carbocycles. The van der Waals surface area contributed by atoms with Gasteiger partial charge < -0.3 is 13.7 Å². The molecule has 3 aromatic heterocycles. The van der Waals surface area contributed by atoms with Crippen molar-refractivity contribution in [2.45, 2.75) is 19.9 Å². The largest absolute Gasteiger partial charge is 0.452 e. The lowest BCUT2D eigenvalue weighted by Crippen LogP contribution is -2.10. The van der Waals surface area contributed by atoms with E-state index in [1.807, 2.05) is 25.1 Å². The lowest BCUT2D eigenvalue weighted by Gasteiger charge is -2.05. The molecule has 1 fully saturated rings. The summed E-state index contributed by atoms with van der Waals surface area (Å²) in [5, 5.41) is 13.8. The first-order valence-electron chi connectivity index (χ1n) is 8.68. The Morgan fingerprint density at radius 1 is 1.30 bits per heavy atom. The van der Waals surface area contributed by atoms with Crippen molar-refractivity contribution in [2.24, 2.45) is 5.92 Å². The van der Waals surface area contributed by atoms with Gasteiger partial charge in [0.1, 0.15) is 5.58 Å². The fourth-order valence-electron chi connectivity index (χ4n) is 3.30. The second-order valence-corrected chi connectivity index (χ2v) is 7.17. The molecule has 1 atom stereocenters. The second-order valence-electron chi connectivity index (χ2n) is 6.73. The van der Waals surface area contributed by atoms with E-state index < -0.39 is 0 Å². The van der Waals surface area contributed by atoms with Gasteiger partial charge in [0.05, 0.1) is 12.8 Å². The summed E-state index contributed by atoms with van der Waals surface area (Å²) in [4.78, 5) is 4.40. The third-order valence-electron chi connectivity index (χ3n) is 4.64. The van der Waals surface area contributed by atoms with Gasteiger partial charge in [-0.15, -0.1) is 5.10 Å². The van der Waals surface area contributed by atoms with Crippen LogP contribution in [-0.2, 0) is 11.3 Å². The zero-order chi connectivity index (χ0) is 18.4. The number of furan rings is 1. The van der Waals surface area contributed by atoms with Gasteiger partial charge in [-0.3, -0.25) is 4.68 Å². The Bertz CT molecular complexity index is 1110. The molecule has 0 amide bonds. The molecule has 4 heterocycles. The maximum Gasteiger partial charge on any atom is 0.280 e. The summed E-state index contributed by atoms with van der Waals surface area (Å²) in [6, 6.07) is 5.54. The van der Waals surface area contributed by atoms with Gasteiger partial charge in [-0.2, -0.15) is 4.98 Å². The highest BCUT2D eigenvalue weighted by Crippen LogP contribution is 2.31. The molecule has 1 unspecified atom stereocenters. The average Bonchev–Trinajstić information content (AvgIpc) is 3.41. The minimum Gasteiger partial charge on any atom is -0.452 e. The van der Waals surface area contributed by atoms with E-state index in [1.54, 1.807) is 10.9 Å². The molecule has 0 saturated carbocycles. The molecule has 0 spiro atoms. The second kappa shape index (κ2) is 6.47. The lowest BCUT2D eigenvalue weighted by molar-refractivity contribution is 0.181. The van der Waals surface area contributed by atoms with Crippen molar-refractivity contribution < 1.29 is 13.7 Å². The molecule has 0 aliphatic carbocycles. The van der Waals surface area contributed by atoms with E-state index in [-0.39, 0.29) is 0 Å². The molecule has 0 radical (unpaired) electrons. The molecule has 8 nitrogen and oxygen atoms in total. The van der Waals surface area contributed by atoms with E-state index in [4.69, 9.17) is 25.3 Å². The van der Waals surface area contributed by atoms with Crippen LogP contribution in [0.1, 0.15) is 12.0 Å². The first-order valence-corrected chi connectivity index (χ1v) is 9.05. The van der Waals surface area contributed by atoms with Crippen molar-refractivity contribution in [3.63, 3.8) is 0 Å². The van der Waals surface area contributed by atoms with Gasteiger partial charge in [-0.05, 0) is 37.1 Å². The van der Waals surface area contributed by atoms with Crippen LogP contribution in [0.25, 0.3) is 34.1 Å². The van der Waals surface area contributed by atoms with E-state index >= 15 is 0 Å². The first kappa shape index (κ1) is 16.5. The molecule has 138 valence electrons. The third-order valence-corrected chi connectivity index (χ3v) is 4.86. The normalized spacial score (nSPS) is 17.2. The maximum absolute atomic E-state index is 6.11. The quantitative estimate of drug-likeness (QED) is 0.528. The molecule has 1 aliphatic heterocycles. The number of rotatable bonds is 4. The van der Waals surface area contributed by atoms with Crippen LogP contribution < -0.4 is 0 Å². The minimum atomic E-state index is 0.300. The van der Waals surface area contributed by atoms with Crippen molar-refractivity contribution in [3.8, 4) is 23.2 Å². The van der Waals surface area contributed by atoms with Crippen LogP contribution in [0, 0.1) is 12.8 Å². The molecule has 27 heavy (non-hydrogen) atoms. The zero-order valence-electron chi connectivity index (χ0n) is 14.6. The number of aromatic nitrogens is 5. The monoisotopic (exact) mass is 385 g/mol. The number of halogens is 1. The fraction of sp³-hybridized carbons (Fsp3) is 0.333. The van der Waals surface area contributed by atoms with Crippen LogP contribution in [0.2, 0.25) is 5.02 Å². The molecule has 1 aliphatic rings. The summed E-state index contributed by atoms with van der Waals surface area (Å²) in [5.74, 6) is 1.63. The molecule has 0 bridgehead atoms. The van der Waals surface area contributed by atoms with Crippen LogP contribution >= 0.6 is 11.6 Å². The molecule has 4 aromatic rings. The number of fused-ring (bicyclic) bond motifs is 1. The summed E-state index contributed by atoms with van der Waals surface area (Å²) in [5.41, 5.74) is 2.24. The number of aryl methyl sites for hydroxylation is 1. The lowest BCUT2D eigenvalue weighted by atomic mass is 10.1. The summed E-state index contributed by atoms with van der Waals surface area (Å²) in [7, 11) is 0. The van der Waals surface area contributed by atoms with Gasteiger partial charge in [0.25, 0.3) is 5.89 Å². The van der Waals surface area contributed by atoms with Crippen molar-refractivity contribution in [3.05, 3.63) is 35.0 Å². The van der Waals surface area contributed by atoms with Crippen molar-refractivity contribution >= 4 is 22.6 Å². The summed E-state index contributed by atoms with van der Waals surface area (Å²) < 4.78 is 18.4. The maximum atomic E-state index is 6.11. The van der Waals surface area contributed by atoms with E-state index in [2.05, 4.69) is 20.5 Å². The minimum absolute atomic E-state index is 0.300. The number of hydrogen-bond donors (Lipinski definition) is 0. The Labute approximate surface area is 159 Å². The Kier molecular flexibility index (Phi) is 3.95. The number of nitrogens with zero attached hydrogens (tertiary/aromatic N) is 5. The standard InChI is InChI=1S/C18H16ClN5O3/c1-10-4-13(19)5-12-6-15(26-16(10)12)17-20-18(27-22-17)14-8-24(23-21-14)7-11-2-3-25-9-11/h4-6,8,11H,2-3,7,9H2,1H3. The number of ether oxygens (including phenoxy) is 1. The highest BCUT2D eigenvalue weighted by atomic mass is 35.5. The van der Waals surface area contributed by atoms with Gasteiger partial charge in [0, 0.05) is 29.5 Å². The Balaban J connectivity index is 1.41. The molecule has 5 rings (SSSR count). The zero-order valence-corrected chi connectivity index (χ0v) is 15.3. The molecular weight excluding hydrogens is 370 g/mol. The van der Waals surface area contributed by atoms with E-state index in [9.17, 15) is 0 Å². The Hall–Kier alpha value is -2.71. The Morgan fingerprint density at radius 3 is 3.07 bits per heavy atom. The Morgan fingerprint density at radius 2 is 2.22 bits per heavy atom. The van der Waals surface area contributed by atoms with Crippen molar-refractivity contribution in [2.75, 3.05) is 13.2 Å². The van der Waals surface area contributed by atoms with Crippen LogP contribution in [0.3, 0.4) is 0 Å². The molecular formula is C18H16ClN5O3.